The fourth-order valence-corrected chi connectivity index (χ4v) is 1.81. The largest absolute Gasteiger partial charge is 0.388 e. The van der Waals surface area contributed by atoms with Crippen molar-refractivity contribution in [3.63, 3.8) is 0 Å². The Bertz CT molecular complexity index is 320. The van der Waals surface area contributed by atoms with Gasteiger partial charge < -0.3 is 5.11 Å². The van der Waals surface area contributed by atoms with Crippen molar-refractivity contribution in [2.24, 2.45) is 5.92 Å². The lowest BCUT2D eigenvalue weighted by molar-refractivity contribution is 0.158. The van der Waals surface area contributed by atoms with Gasteiger partial charge in [0.25, 0.3) is 0 Å². The second-order valence-electron chi connectivity index (χ2n) is 4.44. The molecule has 1 atom stereocenters. The maximum absolute atomic E-state index is 10.0. The standard InChI is InChI=1S/C13H19ClO/c1-9(2)7-8-13(15)11-5-4-6-12(14)10(11)3/h4-6,9,13,15H,7-8H2,1-3H3. The van der Waals surface area contributed by atoms with E-state index in [2.05, 4.69) is 13.8 Å². The van der Waals surface area contributed by atoms with Gasteiger partial charge in [0.2, 0.25) is 0 Å². The maximum Gasteiger partial charge on any atom is 0.0793 e. The van der Waals surface area contributed by atoms with Crippen LogP contribution in [0.5, 0.6) is 0 Å². The van der Waals surface area contributed by atoms with Gasteiger partial charge in [0.15, 0.2) is 0 Å². The minimum atomic E-state index is -0.383. The molecule has 1 nitrogen and oxygen atoms in total. The van der Waals surface area contributed by atoms with Crippen molar-refractivity contribution in [3.05, 3.63) is 34.3 Å². The Hall–Kier alpha value is -0.530. The molecule has 0 bridgehead atoms. The van der Waals surface area contributed by atoms with Crippen LogP contribution < -0.4 is 0 Å². The van der Waals surface area contributed by atoms with Crippen molar-refractivity contribution in [2.45, 2.75) is 39.7 Å². The topological polar surface area (TPSA) is 20.2 Å². The summed E-state index contributed by atoms with van der Waals surface area (Å²) in [5.41, 5.74) is 1.96. The highest BCUT2D eigenvalue weighted by molar-refractivity contribution is 6.31. The summed E-state index contributed by atoms with van der Waals surface area (Å²) in [4.78, 5) is 0. The lowest BCUT2D eigenvalue weighted by atomic mass is 9.97. The van der Waals surface area contributed by atoms with E-state index in [1.54, 1.807) is 0 Å². The molecule has 1 unspecified atom stereocenters. The van der Waals surface area contributed by atoms with E-state index in [1.165, 1.54) is 0 Å². The second-order valence-corrected chi connectivity index (χ2v) is 4.85. The summed E-state index contributed by atoms with van der Waals surface area (Å²) in [5.74, 6) is 0.624. The molecule has 15 heavy (non-hydrogen) atoms. The van der Waals surface area contributed by atoms with Crippen LogP contribution in [0, 0.1) is 12.8 Å². The highest BCUT2D eigenvalue weighted by atomic mass is 35.5. The predicted octanol–water partition coefficient (Wildman–Crippen LogP) is 4.12. The van der Waals surface area contributed by atoms with Crippen molar-refractivity contribution < 1.29 is 5.11 Å². The fraction of sp³-hybridized carbons (Fsp3) is 0.538. The molecule has 0 amide bonds. The van der Waals surface area contributed by atoms with Gasteiger partial charge in [0, 0.05) is 5.02 Å². The zero-order valence-corrected chi connectivity index (χ0v) is 10.4. The average Bonchev–Trinajstić information content (AvgIpc) is 2.18. The Labute approximate surface area is 97.1 Å². The number of rotatable bonds is 4. The Morgan fingerprint density at radius 3 is 2.53 bits per heavy atom. The van der Waals surface area contributed by atoms with E-state index < -0.39 is 0 Å². The van der Waals surface area contributed by atoms with Gasteiger partial charge in [-0.15, -0.1) is 0 Å². The maximum atomic E-state index is 10.0. The van der Waals surface area contributed by atoms with Crippen LogP contribution in [0.25, 0.3) is 0 Å². The van der Waals surface area contributed by atoms with E-state index in [0.29, 0.717) is 5.92 Å². The van der Waals surface area contributed by atoms with Gasteiger partial charge in [-0.3, -0.25) is 0 Å². The smallest absolute Gasteiger partial charge is 0.0793 e. The van der Waals surface area contributed by atoms with Crippen LogP contribution in [0.15, 0.2) is 18.2 Å². The first kappa shape index (κ1) is 12.5. The molecule has 0 heterocycles. The molecule has 1 N–H and O–H groups in total. The summed E-state index contributed by atoms with van der Waals surface area (Å²) in [6, 6.07) is 5.70. The predicted molar refractivity (Wildman–Crippen MR) is 65.2 cm³/mol. The normalized spacial score (nSPS) is 13.2. The minimum Gasteiger partial charge on any atom is -0.388 e. The molecule has 0 aliphatic heterocycles. The fourth-order valence-electron chi connectivity index (χ4n) is 1.63. The lowest BCUT2D eigenvalue weighted by Crippen LogP contribution is -2.02. The SMILES string of the molecule is Cc1c(Cl)cccc1C(O)CCC(C)C. The van der Waals surface area contributed by atoms with Crippen molar-refractivity contribution in [1.82, 2.24) is 0 Å². The highest BCUT2D eigenvalue weighted by Crippen LogP contribution is 2.27. The van der Waals surface area contributed by atoms with Gasteiger partial charge in [0.05, 0.1) is 6.10 Å². The zero-order chi connectivity index (χ0) is 11.4. The molecule has 0 saturated carbocycles. The third-order valence-corrected chi connectivity index (χ3v) is 3.10. The number of halogens is 1. The summed E-state index contributed by atoms with van der Waals surface area (Å²) in [6.45, 7) is 6.28. The third kappa shape index (κ3) is 3.51. The molecule has 0 fully saturated rings. The monoisotopic (exact) mass is 226 g/mol. The summed E-state index contributed by atoms with van der Waals surface area (Å²) < 4.78 is 0. The molecule has 1 aromatic rings. The molecule has 0 spiro atoms. The van der Waals surface area contributed by atoms with E-state index in [-0.39, 0.29) is 6.10 Å². The van der Waals surface area contributed by atoms with Crippen LogP contribution >= 0.6 is 11.6 Å². The number of hydrogen-bond acceptors (Lipinski definition) is 1. The molecule has 1 aromatic carbocycles. The Kier molecular flexibility index (Phi) is 4.62. The zero-order valence-electron chi connectivity index (χ0n) is 9.63. The van der Waals surface area contributed by atoms with Crippen molar-refractivity contribution >= 4 is 11.6 Å². The molecular formula is C13H19ClO. The summed E-state index contributed by atoms with van der Waals surface area (Å²) in [5, 5.41) is 10.7. The molecule has 2 heteroatoms. The van der Waals surface area contributed by atoms with Crippen molar-refractivity contribution in [2.75, 3.05) is 0 Å². The molecular weight excluding hydrogens is 208 g/mol. The third-order valence-electron chi connectivity index (χ3n) is 2.69. The second kappa shape index (κ2) is 5.53. The van der Waals surface area contributed by atoms with Gasteiger partial charge in [-0.25, -0.2) is 0 Å². The van der Waals surface area contributed by atoms with Gasteiger partial charge in [0.1, 0.15) is 0 Å². The number of aliphatic hydroxyl groups is 1. The van der Waals surface area contributed by atoms with E-state index in [9.17, 15) is 5.11 Å². The molecule has 0 radical (unpaired) electrons. The van der Waals surface area contributed by atoms with Crippen LogP contribution in [0.4, 0.5) is 0 Å². The number of hydrogen-bond donors (Lipinski definition) is 1. The molecule has 0 aliphatic carbocycles. The Balaban J connectivity index is 2.73. The quantitative estimate of drug-likeness (QED) is 0.819. The molecule has 1 rings (SSSR count). The van der Waals surface area contributed by atoms with Crippen LogP contribution in [0.3, 0.4) is 0 Å². The van der Waals surface area contributed by atoms with E-state index in [1.807, 2.05) is 25.1 Å². The van der Waals surface area contributed by atoms with Gasteiger partial charge in [-0.1, -0.05) is 37.6 Å². The van der Waals surface area contributed by atoms with E-state index in [0.717, 1.165) is 29.0 Å². The average molecular weight is 227 g/mol. The van der Waals surface area contributed by atoms with Gasteiger partial charge in [-0.2, -0.15) is 0 Å². The van der Waals surface area contributed by atoms with Crippen LogP contribution in [0.2, 0.25) is 5.02 Å². The molecule has 84 valence electrons. The van der Waals surface area contributed by atoms with Crippen LogP contribution in [-0.4, -0.2) is 5.11 Å². The van der Waals surface area contributed by atoms with Crippen molar-refractivity contribution in [1.29, 1.82) is 0 Å². The first-order valence-corrected chi connectivity index (χ1v) is 5.83. The lowest BCUT2D eigenvalue weighted by Gasteiger charge is -2.15. The Morgan fingerprint density at radius 2 is 1.93 bits per heavy atom. The summed E-state index contributed by atoms with van der Waals surface area (Å²) in [6.07, 6.45) is 1.46. The van der Waals surface area contributed by atoms with Crippen LogP contribution in [0.1, 0.15) is 43.9 Å². The summed E-state index contributed by atoms with van der Waals surface area (Å²) >= 11 is 6.01. The van der Waals surface area contributed by atoms with E-state index >= 15 is 0 Å². The van der Waals surface area contributed by atoms with Gasteiger partial charge >= 0.3 is 0 Å². The first-order chi connectivity index (χ1) is 7.02. The molecule has 0 aliphatic rings. The van der Waals surface area contributed by atoms with Gasteiger partial charge in [-0.05, 0) is 42.9 Å². The number of aliphatic hydroxyl groups excluding tert-OH is 1. The Morgan fingerprint density at radius 1 is 1.27 bits per heavy atom. The summed E-state index contributed by atoms with van der Waals surface area (Å²) in [7, 11) is 0. The highest BCUT2D eigenvalue weighted by Gasteiger charge is 2.12. The molecule has 0 aromatic heterocycles. The first-order valence-electron chi connectivity index (χ1n) is 5.45. The van der Waals surface area contributed by atoms with Crippen LogP contribution in [-0.2, 0) is 0 Å². The van der Waals surface area contributed by atoms with Crippen molar-refractivity contribution in [3.8, 4) is 0 Å². The molecule has 0 saturated heterocycles. The van der Waals surface area contributed by atoms with E-state index in [4.69, 9.17) is 11.6 Å². The number of benzene rings is 1. The minimum absolute atomic E-state index is 0.383.